The molecule has 136 valence electrons. The monoisotopic (exact) mass is 351 g/mol. The molecule has 1 heterocycles. The molecular formula is C20H25N5O. The van der Waals surface area contributed by atoms with Crippen LogP contribution >= 0.6 is 0 Å². The third-order valence-electron chi connectivity index (χ3n) is 4.10. The van der Waals surface area contributed by atoms with Gasteiger partial charge in [-0.3, -0.25) is 4.99 Å². The van der Waals surface area contributed by atoms with Gasteiger partial charge in [0.05, 0.1) is 17.6 Å². The molecule has 0 saturated carbocycles. The van der Waals surface area contributed by atoms with Gasteiger partial charge in [-0.15, -0.1) is 0 Å². The first kappa shape index (κ1) is 17.8. The molecule has 1 aromatic heterocycles. The van der Waals surface area contributed by atoms with Crippen LogP contribution in [0.25, 0.3) is 11.0 Å². The number of nitrogens with zero attached hydrogens (tertiary/aromatic N) is 3. The number of para-hydroxylation sites is 3. The van der Waals surface area contributed by atoms with Crippen molar-refractivity contribution in [2.75, 3.05) is 26.7 Å². The maximum absolute atomic E-state index is 5.67. The Bertz CT molecular complexity index is 857. The van der Waals surface area contributed by atoms with Gasteiger partial charge in [0.15, 0.2) is 5.96 Å². The fourth-order valence-electron chi connectivity index (χ4n) is 2.84. The molecule has 0 bridgehead atoms. The maximum atomic E-state index is 5.67. The van der Waals surface area contributed by atoms with Gasteiger partial charge in [-0.2, -0.15) is 0 Å². The van der Waals surface area contributed by atoms with Gasteiger partial charge in [0.2, 0.25) is 0 Å². The summed E-state index contributed by atoms with van der Waals surface area (Å²) in [5.41, 5.74) is 2.19. The minimum Gasteiger partial charge on any atom is -0.492 e. The Kier molecular flexibility index (Phi) is 6.09. The van der Waals surface area contributed by atoms with Crippen molar-refractivity contribution < 1.29 is 4.74 Å². The summed E-state index contributed by atoms with van der Waals surface area (Å²) in [5, 5.41) is 6.59. The van der Waals surface area contributed by atoms with Crippen molar-refractivity contribution in [1.82, 2.24) is 20.2 Å². The molecule has 0 amide bonds. The highest BCUT2D eigenvalue weighted by Crippen LogP contribution is 2.14. The van der Waals surface area contributed by atoms with Crippen LogP contribution in [0.4, 0.5) is 0 Å². The van der Waals surface area contributed by atoms with Crippen molar-refractivity contribution in [2.45, 2.75) is 13.5 Å². The number of aromatic nitrogens is 2. The number of hydrogen-bond donors (Lipinski definition) is 2. The van der Waals surface area contributed by atoms with Crippen molar-refractivity contribution in [3.8, 4) is 5.75 Å². The normalized spacial score (nSPS) is 11.5. The minimum atomic E-state index is 0.579. The van der Waals surface area contributed by atoms with E-state index in [-0.39, 0.29) is 0 Å². The lowest BCUT2D eigenvalue weighted by Crippen LogP contribution is -2.40. The van der Waals surface area contributed by atoms with Gasteiger partial charge in [0, 0.05) is 20.1 Å². The molecule has 6 nitrogen and oxygen atoms in total. The number of ether oxygens (including phenoxy) is 1. The summed E-state index contributed by atoms with van der Waals surface area (Å²) in [6, 6.07) is 18.0. The number of aliphatic imine (C=N–C) groups is 1. The molecule has 0 unspecified atom stereocenters. The first-order valence-corrected chi connectivity index (χ1v) is 8.82. The zero-order valence-electron chi connectivity index (χ0n) is 15.3. The molecule has 26 heavy (non-hydrogen) atoms. The molecule has 0 aliphatic rings. The molecule has 2 aromatic carbocycles. The van der Waals surface area contributed by atoms with Gasteiger partial charge in [-0.25, -0.2) is 4.98 Å². The predicted molar refractivity (Wildman–Crippen MR) is 106 cm³/mol. The molecule has 3 aromatic rings. The number of fused-ring (bicyclic) bond motifs is 1. The number of imidazole rings is 1. The van der Waals surface area contributed by atoms with Gasteiger partial charge >= 0.3 is 0 Å². The van der Waals surface area contributed by atoms with Crippen molar-refractivity contribution >= 4 is 17.0 Å². The van der Waals surface area contributed by atoms with Crippen molar-refractivity contribution in [1.29, 1.82) is 0 Å². The van der Waals surface area contributed by atoms with Crippen LogP contribution in [-0.2, 0) is 6.54 Å². The summed E-state index contributed by atoms with van der Waals surface area (Å²) in [7, 11) is 1.77. The average Bonchev–Trinajstić information content (AvgIpc) is 3.00. The van der Waals surface area contributed by atoms with Crippen molar-refractivity contribution in [3.05, 3.63) is 60.4 Å². The van der Waals surface area contributed by atoms with E-state index in [4.69, 9.17) is 4.74 Å². The Morgan fingerprint density at radius 2 is 1.77 bits per heavy atom. The molecule has 0 atom stereocenters. The van der Waals surface area contributed by atoms with Crippen LogP contribution in [0.15, 0.2) is 59.6 Å². The minimum absolute atomic E-state index is 0.579. The van der Waals surface area contributed by atoms with E-state index in [1.807, 2.05) is 55.5 Å². The SMILES string of the molecule is CN=C(NCCOc1ccccc1)NCCn1c(C)nc2ccccc21. The third kappa shape index (κ3) is 4.53. The molecule has 0 fully saturated rings. The highest BCUT2D eigenvalue weighted by molar-refractivity contribution is 5.79. The van der Waals surface area contributed by atoms with E-state index in [0.717, 1.165) is 41.7 Å². The van der Waals surface area contributed by atoms with Gasteiger partial charge in [-0.05, 0) is 31.2 Å². The van der Waals surface area contributed by atoms with E-state index in [0.29, 0.717) is 13.2 Å². The molecule has 0 spiro atoms. The van der Waals surface area contributed by atoms with Crippen LogP contribution in [0.1, 0.15) is 5.82 Å². The number of nitrogens with one attached hydrogen (secondary N) is 2. The van der Waals surface area contributed by atoms with E-state index in [2.05, 4.69) is 31.2 Å². The average molecular weight is 351 g/mol. The highest BCUT2D eigenvalue weighted by atomic mass is 16.5. The van der Waals surface area contributed by atoms with Gasteiger partial charge in [0.1, 0.15) is 18.2 Å². The fourth-order valence-corrected chi connectivity index (χ4v) is 2.84. The van der Waals surface area contributed by atoms with Crippen LogP contribution < -0.4 is 15.4 Å². The zero-order chi connectivity index (χ0) is 18.2. The van der Waals surface area contributed by atoms with Gasteiger partial charge in [0.25, 0.3) is 0 Å². The number of hydrogen-bond acceptors (Lipinski definition) is 3. The number of aryl methyl sites for hydroxylation is 1. The summed E-state index contributed by atoms with van der Waals surface area (Å²) in [5.74, 6) is 2.66. The second kappa shape index (κ2) is 8.89. The second-order valence-corrected chi connectivity index (χ2v) is 5.89. The first-order valence-electron chi connectivity index (χ1n) is 8.82. The predicted octanol–water partition coefficient (Wildman–Crippen LogP) is 2.59. The first-order chi connectivity index (χ1) is 12.8. The van der Waals surface area contributed by atoms with Crippen LogP contribution in [-0.4, -0.2) is 42.3 Å². The highest BCUT2D eigenvalue weighted by Gasteiger charge is 2.06. The summed E-state index contributed by atoms with van der Waals surface area (Å²) in [6.45, 7) is 4.89. The van der Waals surface area contributed by atoms with E-state index >= 15 is 0 Å². The molecule has 0 radical (unpaired) electrons. The lowest BCUT2D eigenvalue weighted by molar-refractivity contribution is 0.322. The number of rotatable bonds is 7. The van der Waals surface area contributed by atoms with E-state index in [1.165, 1.54) is 0 Å². The molecule has 6 heteroatoms. The molecule has 0 aliphatic heterocycles. The molecule has 0 saturated heterocycles. The quantitative estimate of drug-likeness (QED) is 0.390. The van der Waals surface area contributed by atoms with Gasteiger partial charge < -0.3 is 19.9 Å². The van der Waals surface area contributed by atoms with Gasteiger partial charge in [-0.1, -0.05) is 30.3 Å². The standard InChI is InChI=1S/C20H25N5O/c1-16-24-18-10-6-7-11-19(18)25(16)14-12-22-20(21-2)23-13-15-26-17-8-4-3-5-9-17/h3-11H,12-15H2,1-2H3,(H2,21,22,23). The number of benzene rings is 2. The summed E-state index contributed by atoms with van der Waals surface area (Å²) in [6.07, 6.45) is 0. The smallest absolute Gasteiger partial charge is 0.191 e. The van der Waals surface area contributed by atoms with Crippen LogP contribution in [0.3, 0.4) is 0 Å². The maximum Gasteiger partial charge on any atom is 0.191 e. The Morgan fingerprint density at radius 1 is 1.04 bits per heavy atom. The fraction of sp³-hybridized carbons (Fsp3) is 0.300. The largest absolute Gasteiger partial charge is 0.492 e. The van der Waals surface area contributed by atoms with E-state index < -0.39 is 0 Å². The van der Waals surface area contributed by atoms with Crippen LogP contribution in [0.5, 0.6) is 5.75 Å². The van der Waals surface area contributed by atoms with E-state index in [1.54, 1.807) is 7.05 Å². The van der Waals surface area contributed by atoms with Crippen molar-refractivity contribution in [2.24, 2.45) is 4.99 Å². The summed E-state index contributed by atoms with van der Waals surface area (Å²) >= 11 is 0. The second-order valence-electron chi connectivity index (χ2n) is 5.89. The number of guanidine groups is 1. The molecule has 3 rings (SSSR count). The van der Waals surface area contributed by atoms with Crippen LogP contribution in [0, 0.1) is 6.92 Å². The van der Waals surface area contributed by atoms with Crippen molar-refractivity contribution in [3.63, 3.8) is 0 Å². The molecule has 2 N–H and O–H groups in total. The zero-order valence-corrected chi connectivity index (χ0v) is 15.3. The van der Waals surface area contributed by atoms with Crippen LogP contribution in [0.2, 0.25) is 0 Å². The molecular weight excluding hydrogens is 326 g/mol. The lowest BCUT2D eigenvalue weighted by Gasteiger charge is -2.13. The molecule has 0 aliphatic carbocycles. The lowest BCUT2D eigenvalue weighted by atomic mass is 10.3. The Balaban J connectivity index is 1.43. The Labute approximate surface area is 153 Å². The summed E-state index contributed by atoms with van der Waals surface area (Å²) < 4.78 is 7.89. The Hall–Kier alpha value is -3.02. The summed E-state index contributed by atoms with van der Waals surface area (Å²) in [4.78, 5) is 8.84. The third-order valence-corrected chi connectivity index (χ3v) is 4.10. The topological polar surface area (TPSA) is 63.5 Å². The Morgan fingerprint density at radius 3 is 2.58 bits per heavy atom. The van der Waals surface area contributed by atoms with E-state index in [9.17, 15) is 0 Å².